The van der Waals surface area contributed by atoms with Crippen LogP contribution in [-0.4, -0.2) is 18.9 Å². The van der Waals surface area contributed by atoms with Gasteiger partial charge in [-0.2, -0.15) is 5.26 Å². The van der Waals surface area contributed by atoms with Gasteiger partial charge in [-0.15, -0.1) is 4.83 Å². The van der Waals surface area contributed by atoms with Gasteiger partial charge in [0.05, 0.1) is 22.1 Å². The molecule has 0 unspecified atom stereocenters. The van der Waals surface area contributed by atoms with Crippen LogP contribution in [0.2, 0.25) is 0 Å². The molecule has 0 spiro atoms. The molecule has 3 aromatic rings. The van der Waals surface area contributed by atoms with Crippen LogP contribution in [0.3, 0.4) is 0 Å². The van der Waals surface area contributed by atoms with E-state index in [-0.39, 0.29) is 10.5 Å². The Labute approximate surface area is 163 Å². The smallest absolute Gasteiger partial charge is 0.268 e. The molecule has 0 fully saturated rings. The first-order valence-electron chi connectivity index (χ1n) is 8.40. The molecule has 0 saturated carbocycles. The number of carbonyl (C=O) groups excluding carboxylic acids is 1. The number of carbonyl (C=O) groups is 1. The van der Waals surface area contributed by atoms with Crippen LogP contribution in [-0.2, 0) is 10.0 Å². The molecular formula is C20H18N4O3S. The third kappa shape index (κ3) is 3.81. The number of sulfonamides is 1. The van der Waals surface area contributed by atoms with Gasteiger partial charge in [-0.05, 0) is 50.2 Å². The van der Waals surface area contributed by atoms with Gasteiger partial charge in [0.15, 0.2) is 0 Å². The zero-order chi connectivity index (χ0) is 20.3. The molecule has 0 saturated heterocycles. The van der Waals surface area contributed by atoms with E-state index in [1.807, 2.05) is 47.9 Å². The minimum atomic E-state index is -4.00. The van der Waals surface area contributed by atoms with Crippen molar-refractivity contribution in [3.05, 3.63) is 83.2 Å². The molecule has 0 aliphatic carbocycles. The van der Waals surface area contributed by atoms with Crippen LogP contribution in [0.25, 0.3) is 5.69 Å². The summed E-state index contributed by atoms with van der Waals surface area (Å²) in [6.45, 7) is 3.66. The van der Waals surface area contributed by atoms with E-state index in [2.05, 4.69) is 10.3 Å². The van der Waals surface area contributed by atoms with Crippen LogP contribution in [0, 0.1) is 25.2 Å². The Balaban J connectivity index is 1.82. The van der Waals surface area contributed by atoms with Crippen LogP contribution in [0.15, 0.2) is 65.6 Å². The summed E-state index contributed by atoms with van der Waals surface area (Å²) in [7, 11) is -4.00. The lowest BCUT2D eigenvalue weighted by molar-refractivity contribution is 0.0944. The zero-order valence-electron chi connectivity index (χ0n) is 15.3. The number of nitrogens with one attached hydrogen (secondary N) is 2. The van der Waals surface area contributed by atoms with Crippen molar-refractivity contribution in [2.45, 2.75) is 18.7 Å². The highest BCUT2D eigenvalue weighted by atomic mass is 32.2. The lowest BCUT2D eigenvalue weighted by Crippen LogP contribution is -2.41. The van der Waals surface area contributed by atoms with Crippen LogP contribution in [0.5, 0.6) is 0 Å². The number of nitrogens with zero attached hydrogens (tertiary/aromatic N) is 2. The highest BCUT2D eigenvalue weighted by Crippen LogP contribution is 2.20. The third-order valence-corrected chi connectivity index (χ3v) is 5.51. The first-order chi connectivity index (χ1) is 13.3. The maximum Gasteiger partial charge on any atom is 0.268 e. The van der Waals surface area contributed by atoms with E-state index in [1.165, 1.54) is 24.3 Å². The topological polar surface area (TPSA) is 104 Å². The van der Waals surface area contributed by atoms with Crippen molar-refractivity contribution in [2.75, 3.05) is 0 Å². The molecule has 142 valence electrons. The fourth-order valence-electron chi connectivity index (χ4n) is 2.94. The average Bonchev–Trinajstić information content (AvgIpc) is 3.01. The average molecular weight is 394 g/mol. The minimum Gasteiger partial charge on any atom is -0.318 e. The molecule has 1 heterocycles. The number of hydrazine groups is 1. The van der Waals surface area contributed by atoms with Gasteiger partial charge < -0.3 is 4.57 Å². The van der Waals surface area contributed by atoms with Gasteiger partial charge in [-0.3, -0.25) is 10.2 Å². The molecule has 2 N–H and O–H groups in total. The number of aromatic nitrogens is 1. The Morgan fingerprint density at radius 2 is 1.75 bits per heavy atom. The quantitative estimate of drug-likeness (QED) is 0.649. The van der Waals surface area contributed by atoms with Crippen LogP contribution >= 0.6 is 0 Å². The first kappa shape index (κ1) is 19.4. The van der Waals surface area contributed by atoms with Crippen molar-refractivity contribution in [1.29, 1.82) is 5.26 Å². The number of aryl methyl sites for hydroxylation is 1. The number of rotatable bonds is 5. The summed E-state index contributed by atoms with van der Waals surface area (Å²) in [5.74, 6) is -0.574. The summed E-state index contributed by atoms with van der Waals surface area (Å²) >= 11 is 0. The molecule has 0 radical (unpaired) electrons. The molecule has 0 aliphatic heterocycles. The molecule has 28 heavy (non-hydrogen) atoms. The normalized spacial score (nSPS) is 11.0. The highest BCUT2D eigenvalue weighted by molar-refractivity contribution is 7.89. The van der Waals surface area contributed by atoms with Gasteiger partial charge in [0.25, 0.3) is 15.9 Å². The fourth-order valence-corrected chi connectivity index (χ4v) is 3.82. The van der Waals surface area contributed by atoms with Crippen molar-refractivity contribution in [3.8, 4) is 11.8 Å². The molecule has 0 aliphatic rings. The Morgan fingerprint density at radius 3 is 2.43 bits per heavy atom. The van der Waals surface area contributed by atoms with Gasteiger partial charge in [0.2, 0.25) is 0 Å². The van der Waals surface area contributed by atoms with Gasteiger partial charge in [0.1, 0.15) is 0 Å². The van der Waals surface area contributed by atoms with Crippen molar-refractivity contribution in [3.63, 3.8) is 0 Å². The van der Waals surface area contributed by atoms with Crippen LogP contribution in [0.1, 0.15) is 27.3 Å². The van der Waals surface area contributed by atoms with Crippen molar-refractivity contribution in [1.82, 2.24) is 14.8 Å². The molecule has 1 amide bonds. The molecule has 0 bridgehead atoms. The second kappa shape index (κ2) is 7.68. The fraction of sp³-hybridized carbons (Fsp3) is 0.100. The Bertz CT molecular complexity index is 1180. The second-order valence-electron chi connectivity index (χ2n) is 6.16. The maximum absolute atomic E-state index is 12.6. The highest BCUT2D eigenvalue weighted by Gasteiger charge is 2.20. The molecule has 0 atom stereocenters. The van der Waals surface area contributed by atoms with E-state index in [4.69, 9.17) is 5.26 Å². The van der Waals surface area contributed by atoms with E-state index < -0.39 is 15.9 Å². The molecular weight excluding hydrogens is 376 g/mol. The Hall–Kier alpha value is -3.41. The third-order valence-electron chi connectivity index (χ3n) is 4.26. The van der Waals surface area contributed by atoms with E-state index in [0.29, 0.717) is 11.3 Å². The van der Waals surface area contributed by atoms with Crippen molar-refractivity contribution >= 4 is 15.9 Å². The number of nitriles is 1. The summed E-state index contributed by atoms with van der Waals surface area (Å²) in [6.07, 6.45) is 0. The summed E-state index contributed by atoms with van der Waals surface area (Å²) < 4.78 is 26.7. The molecule has 7 nitrogen and oxygen atoms in total. The number of amides is 1. The van der Waals surface area contributed by atoms with E-state index in [0.717, 1.165) is 11.4 Å². The predicted octanol–water partition coefficient (Wildman–Crippen LogP) is 2.59. The second-order valence-corrected chi connectivity index (χ2v) is 7.84. The van der Waals surface area contributed by atoms with Gasteiger partial charge >= 0.3 is 0 Å². The number of hydrogen-bond acceptors (Lipinski definition) is 4. The van der Waals surface area contributed by atoms with Crippen molar-refractivity contribution in [2.24, 2.45) is 0 Å². The van der Waals surface area contributed by atoms with Gasteiger partial charge in [-0.1, -0.05) is 24.3 Å². The summed E-state index contributed by atoms with van der Waals surface area (Å²) in [5.41, 5.74) is 5.24. The zero-order valence-corrected chi connectivity index (χ0v) is 16.1. The number of para-hydroxylation sites is 1. The Morgan fingerprint density at radius 1 is 1.04 bits per heavy atom. The lowest BCUT2D eigenvalue weighted by Gasteiger charge is -2.11. The van der Waals surface area contributed by atoms with E-state index in [9.17, 15) is 13.2 Å². The number of hydrogen-bond donors (Lipinski definition) is 2. The SMILES string of the molecule is Cc1cc(C(=O)NNS(=O)(=O)c2cccc(C#N)c2)c(C)n1-c1ccccc1. The monoisotopic (exact) mass is 394 g/mol. The van der Waals surface area contributed by atoms with Gasteiger partial charge in [-0.25, -0.2) is 8.42 Å². The summed E-state index contributed by atoms with van der Waals surface area (Å²) in [5, 5.41) is 8.91. The first-order valence-corrected chi connectivity index (χ1v) is 9.88. The van der Waals surface area contributed by atoms with Gasteiger partial charge in [0, 0.05) is 17.1 Å². The molecule has 3 rings (SSSR count). The molecule has 2 aromatic carbocycles. The largest absolute Gasteiger partial charge is 0.318 e. The van der Waals surface area contributed by atoms with E-state index >= 15 is 0 Å². The lowest BCUT2D eigenvalue weighted by atomic mass is 10.2. The standard InChI is InChI=1S/C20H18N4O3S/c1-14-11-19(15(2)24(14)17-8-4-3-5-9-17)20(25)22-23-28(26,27)18-10-6-7-16(12-18)13-21/h3-12,23H,1-2H3,(H,22,25). The predicted molar refractivity (Wildman–Crippen MR) is 104 cm³/mol. The minimum absolute atomic E-state index is 0.110. The van der Waals surface area contributed by atoms with E-state index in [1.54, 1.807) is 13.0 Å². The Kier molecular flexibility index (Phi) is 5.31. The van der Waals surface area contributed by atoms with Crippen molar-refractivity contribution < 1.29 is 13.2 Å². The summed E-state index contributed by atoms with van der Waals surface area (Å²) in [6, 6.07) is 18.7. The molecule has 1 aromatic heterocycles. The van der Waals surface area contributed by atoms with Crippen LogP contribution < -0.4 is 10.3 Å². The number of benzene rings is 2. The maximum atomic E-state index is 12.6. The molecule has 8 heteroatoms. The summed E-state index contributed by atoms with van der Waals surface area (Å²) in [4.78, 5) is 14.5. The van der Waals surface area contributed by atoms with Crippen LogP contribution in [0.4, 0.5) is 0 Å².